The maximum absolute atomic E-state index is 3.64. The molecule has 2 heteroatoms. The molecule has 0 aromatic rings. The summed E-state index contributed by atoms with van der Waals surface area (Å²) in [6, 6.07) is 0.688. The second kappa shape index (κ2) is 5.27. The Bertz CT molecular complexity index is 247. The summed E-state index contributed by atoms with van der Waals surface area (Å²) in [7, 11) is 6.74. The van der Waals surface area contributed by atoms with Crippen molar-refractivity contribution in [1.82, 2.24) is 10.2 Å². The van der Waals surface area contributed by atoms with Crippen molar-refractivity contribution < 1.29 is 0 Å². The van der Waals surface area contributed by atoms with Crippen LogP contribution in [0.15, 0.2) is 0 Å². The summed E-state index contributed by atoms with van der Waals surface area (Å²) in [4.78, 5) is 2.52. The number of rotatable bonds is 5. The Hall–Kier alpha value is -0.0800. The summed E-state index contributed by atoms with van der Waals surface area (Å²) in [6.45, 7) is 2.43. The van der Waals surface area contributed by atoms with E-state index in [1.54, 1.807) is 0 Å². The molecule has 2 nitrogen and oxygen atoms in total. The second-order valence-electron chi connectivity index (χ2n) is 6.72. The van der Waals surface area contributed by atoms with Crippen LogP contribution in [0.4, 0.5) is 0 Å². The average Bonchev–Trinajstić information content (AvgIpc) is 3.09. The fourth-order valence-corrected chi connectivity index (χ4v) is 3.89. The van der Waals surface area contributed by atoms with Gasteiger partial charge in [-0.1, -0.05) is 32.6 Å². The summed E-state index contributed by atoms with van der Waals surface area (Å²) in [5.41, 5.74) is 0.412. The monoisotopic (exact) mass is 238 g/mol. The smallest absolute Gasteiger partial charge is 0.0358 e. The van der Waals surface area contributed by atoms with E-state index in [1.807, 2.05) is 0 Å². The number of likely N-dealkylation sites (N-methyl/N-ethyl adjacent to an activating group) is 2. The molecule has 2 saturated carbocycles. The van der Waals surface area contributed by atoms with Gasteiger partial charge in [-0.3, -0.25) is 0 Å². The predicted octanol–water partition coefficient (Wildman–Crippen LogP) is 2.89. The van der Waals surface area contributed by atoms with Crippen molar-refractivity contribution in [3.63, 3.8) is 0 Å². The van der Waals surface area contributed by atoms with E-state index in [-0.39, 0.29) is 0 Å². The highest BCUT2D eigenvalue weighted by Crippen LogP contribution is 2.43. The van der Waals surface area contributed by atoms with E-state index in [0.717, 1.165) is 11.8 Å². The highest BCUT2D eigenvalue weighted by atomic mass is 15.2. The van der Waals surface area contributed by atoms with Crippen LogP contribution < -0.4 is 5.32 Å². The van der Waals surface area contributed by atoms with E-state index in [1.165, 1.54) is 44.9 Å². The standard InChI is InChI=1S/C15H30N2/c1-12-6-5-9-15(11-12,17(3)4)14(16-2)10-13-7-8-13/h12-14,16H,5-11H2,1-4H3. The fourth-order valence-electron chi connectivity index (χ4n) is 3.89. The maximum Gasteiger partial charge on any atom is 0.0358 e. The van der Waals surface area contributed by atoms with Gasteiger partial charge in [0, 0.05) is 11.6 Å². The molecule has 0 spiro atoms. The molecular formula is C15H30N2. The predicted molar refractivity (Wildman–Crippen MR) is 74.2 cm³/mol. The molecule has 0 aliphatic heterocycles. The summed E-state index contributed by atoms with van der Waals surface area (Å²) in [6.07, 6.45) is 9.91. The van der Waals surface area contributed by atoms with Gasteiger partial charge in [0.15, 0.2) is 0 Å². The Morgan fingerprint density at radius 2 is 2.00 bits per heavy atom. The van der Waals surface area contributed by atoms with Crippen LogP contribution >= 0.6 is 0 Å². The molecule has 0 aromatic carbocycles. The van der Waals surface area contributed by atoms with Gasteiger partial charge in [-0.2, -0.15) is 0 Å². The molecule has 0 amide bonds. The van der Waals surface area contributed by atoms with Gasteiger partial charge >= 0.3 is 0 Å². The van der Waals surface area contributed by atoms with Gasteiger partial charge in [-0.05, 0) is 52.2 Å². The Labute approximate surface area is 107 Å². The van der Waals surface area contributed by atoms with Crippen LogP contribution in [0.5, 0.6) is 0 Å². The molecule has 0 heterocycles. The van der Waals surface area contributed by atoms with E-state index in [2.05, 4.69) is 38.3 Å². The number of hydrogen-bond donors (Lipinski definition) is 1. The van der Waals surface area contributed by atoms with Crippen molar-refractivity contribution in [3.8, 4) is 0 Å². The molecule has 2 aliphatic carbocycles. The van der Waals surface area contributed by atoms with Crippen LogP contribution in [0.3, 0.4) is 0 Å². The van der Waals surface area contributed by atoms with Crippen molar-refractivity contribution in [3.05, 3.63) is 0 Å². The van der Waals surface area contributed by atoms with Gasteiger partial charge in [0.2, 0.25) is 0 Å². The van der Waals surface area contributed by atoms with Gasteiger partial charge in [-0.15, -0.1) is 0 Å². The van der Waals surface area contributed by atoms with Crippen molar-refractivity contribution in [2.75, 3.05) is 21.1 Å². The molecule has 0 aromatic heterocycles. The summed E-state index contributed by atoms with van der Waals surface area (Å²) in [5, 5.41) is 3.64. The lowest BCUT2D eigenvalue weighted by Gasteiger charge is -2.50. The van der Waals surface area contributed by atoms with E-state index < -0.39 is 0 Å². The van der Waals surface area contributed by atoms with Crippen LogP contribution in [-0.2, 0) is 0 Å². The molecule has 0 bridgehead atoms. The zero-order valence-electron chi connectivity index (χ0n) is 12.1. The molecule has 2 rings (SSSR count). The van der Waals surface area contributed by atoms with Crippen molar-refractivity contribution in [2.45, 2.75) is 63.5 Å². The molecule has 2 aliphatic rings. The van der Waals surface area contributed by atoms with Crippen molar-refractivity contribution in [1.29, 1.82) is 0 Å². The summed E-state index contributed by atoms with van der Waals surface area (Å²) >= 11 is 0. The van der Waals surface area contributed by atoms with Crippen molar-refractivity contribution in [2.24, 2.45) is 11.8 Å². The van der Waals surface area contributed by atoms with E-state index in [9.17, 15) is 0 Å². The molecule has 2 fully saturated rings. The third-order valence-corrected chi connectivity index (χ3v) is 5.16. The van der Waals surface area contributed by atoms with Crippen LogP contribution in [0.1, 0.15) is 51.9 Å². The highest BCUT2D eigenvalue weighted by molar-refractivity contribution is 5.03. The minimum Gasteiger partial charge on any atom is -0.315 e. The molecule has 17 heavy (non-hydrogen) atoms. The first-order valence-corrected chi connectivity index (χ1v) is 7.43. The topological polar surface area (TPSA) is 15.3 Å². The Morgan fingerprint density at radius 3 is 2.47 bits per heavy atom. The number of nitrogens with one attached hydrogen (secondary N) is 1. The Morgan fingerprint density at radius 1 is 1.29 bits per heavy atom. The SMILES string of the molecule is CNC(CC1CC1)C1(N(C)C)CCCC(C)C1. The lowest BCUT2D eigenvalue weighted by atomic mass is 9.70. The van der Waals surface area contributed by atoms with E-state index in [0.29, 0.717) is 11.6 Å². The Kier molecular flexibility index (Phi) is 4.14. The first-order chi connectivity index (χ1) is 8.08. The zero-order valence-corrected chi connectivity index (χ0v) is 12.1. The van der Waals surface area contributed by atoms with Crippen LogP contribution in [0, 0.1) is 11.8 Å². The maximum atomic E-state index is 3.64. The molecule has 3 unspecified atom stereocenters. The lowest BCUT2D eigenvalue weighted by Crippen LogP contribution is -2.60. The van der Waals surface area contributed by atoms with E-state index >= 15 is 0 Å². The molecule has 100 valence electrons. The second-order valence-corrected chi connectivity index (χ2v) is 6.72. The largest absolute Gasteiger partial charge is 0.315 e. The molecule has 3 atom stereocenters. The van der Waals surface area contributed by atoms with Gasteiger partial charge in [-0.25, -0.2) is 0 Å². The molecule has 0 saturated heterocycles. The van der Waals surface area contributed by atoms with Gasteiger partial charge in [0.25, 0.3) is 0 Å². The third-order valence-electron chi connectivity index (χ3n) is 5.16. The molecule has 1 N–H and O–H groups in total. The molecule has 0 radical (unpaired) electrons. The normalized spacial score (nSPS) is 36.2. The number of nitrogens with zero attached hydrogens (tertiary/aromatic N) is 1. The summed E-state index contributed by atoms with van der Waals surface area (Å²) < 4.78 is 0. The third kappa shape index (κ3) is 2.85. The first kappa shape index (κ1) is 13.4. The van der Waals surface area contributed by atoms with Gasteiger partial charge < -0.3 is 10.2 Å². The minimum atomic E-state index is 0.412. The highest BCUT2D eigenvalue weighted by Gasteiger charge is 2.44. The average molecular weight is 238 g/mol. The van der Waals surface area contributed by atoms with E-state index in [4.69, 9.17) is 0 Å². The summed E-state index contributed by atoms with van der Waals surface area (Å²) in [5.74, 6) is 1.91. The Balaban J connectivity index is 2.11. The van der Waals surface area contributed by atoms with Gasteiger partial charge in [0.05, 0.1) is 0 Å². The lowest BCUT2D eigenvalue weighted by molar-refractivity contribution is 0.0350. The van der Waals surface area contributed by atoms with Crippen LogP contribution in [0.25, 0.3) is 0 Å². The zero-order chi connectivity index (χ0) is 12.5. The number of hydrogen-bond acceptors (Lipinski definition) is 2. The quantitative estimate of drug-likeness (QED) is 0.792. The first-order valence-electron chi connectivity index (χ1n) is 7.43. The van der Waals surface area contributed by atoms with Crippen LogP contribution in [0.2, 0.25) is 0 Å². The minimum absolute atomic E-state index is 0.412. The van der Waals surface area contributed by atoms with Gasteiger partial charge in [0.1, 0.15) is 0 Å². The molecular weight excluding hydrogens is 208 g/mol. The fraction of sp³-hybridized carbons (Fsp3) is 1.00. The van der Waals surface area contributed by atoms with Crippen molar-refractivity contribution >= 4 is 0 Å². The van der Waals surface area contributed by atoms with Crippen LogP contribution in [-0.4, -0.2) is 37.6 Å².